The summed E-state index contributed by atoms with van der Waals surface area (Å²) in [5.74, 6) is 0.723. The lowest BCUT2D eigenvalue weighted by molar-refractivity contribution is 0.0823. The first-order valence-electron chi connectivity index (χ1n) is 6.67. The topological polar surface area (TPSA) is 42.4 Å². The van der Waals surface area contributed by atoms with Gasteiger partial charge in [-0.25, -0.2) is 0 Å². The monoisotopic (exact) mass is 262 g/mol. The van der Waals surface area contributed by atoms with Crippen molar-refractivity contribution < 1.29 is 9.53 Å². The van der Waals surface area contributed by atoms with E-state index in [2.05, 4.69) is 25.8 Å². The molecule has 4 heteroatoms. The Labute approximate surface area is 114 Å². The predicted molar refractivity (Wildman–Crippen MR) is 74.6 cm³/mol. The molecule has 1 aliphatic carbocycles. The molecule has 0 atom stereocenters. The molecular weight excluding hydrogens is 240 g/mol. The molecule has 4 nitrogen and oxygen atoms in total. The Morgan fingerprint density at radius 2 is 1.95 bits per heavy atom. The van der Waals surface area contributed by atoms with E-state index < -0.39 is 0 Å². The van der Waals surface area contributed by atoms with Crippen LogP contribution in [-0.2, 0) is 5.41 Å². The van der Waals surface area contributed by atoms with Crippen molar-refractivity contribution in [1.82, 2.24) is 9.88 Å². The van der Waals surface area contributed by atoms with E-state index in [1.54, 1.807) is 31.4 Å². The summed E-state index contributed by atoms with van der Waals surface area (Å²) in [7, 11) is 3.51. The van der Waals surface area contributed by atoms with E-state index in [1.165, 1.54) is 0 Å². The molecule has 1 saturated carbocycles. The summed E-state index contributed by atoms with van der Waals surface area (Å²) < 4.78 is 5.92. The third kappa shape index (κ3) is 3.06. The number of hydrogen-bond acceptors (Lipinski definition) is 3. The molecule has 0 bridgehead atoms. The van der Waals surface area contributed by atoms with Crippen molar-refractivity contribution in [3.05, 3.63) is 23.5 Å². The standard InChI is InChI=1S/C15H22N2O2/c1-15(2,3)13-11(14(18)17(4)5)8-16-9-12(13)19-10-6-7-10/h8-10H,6-7H2,1-5H3. The van der Waals surface area contributed by atoms with Gasteiger partial charge in [0.25, 0.3) is 5.91 Å². The fourth-order valence-corrected chi connectivity index (χ4v) is 2.07. The van der Waals surface area contributed by atoms with Crippen LogP contribution in [0.3, 0.4) is 0 Å². The number of carbonyl (C=O) groups is 1. The Hall–Kier alpha value is -1.58. The van der Waals surface area contributed by atoms with Gasteiger partial charge in [-0.2, -0.15) is 0 Å². The average Bonchev–Trinajstić information content (AvgIpc) is 3.10. The molecule has 1 fully saturated rings. The van der Waals surface area contributed by atoms with Gasteiger partial charge in [0.05, 0.1) is 17.9 Å². The van der Waals surface area contributed by atoms with Crippen LogP contribution in [0.25, 0.3) is 0 Å². The molecule has 1 amide bonds. The molecule has 0 aliphatic heterocycles. The van der Waals surface area contributed by atoms with Crippen molar-refractivity contribution >= 4 is 5.91 Å². The Bertz CT molecular complexity index is 485. The van der Waals surface area contributed by atoms with Crippen molar-refractivity contribution in [3.63, 3.8) is 0 Å². The molecule has 1 aliphatic rings. The molecule has 2 rings (SSSR count). The number of rotatable bonds is 3. The maximum absolute atomic E-state index is 12.3. The van der Waals surface area contributed by atoms with Crippen LogP contribution in [0.4, 0.5) is 0 Å². The van der Waals surface area contributed by atoms with Crippen molar-refractivity contribution in [2.24, 2.45) is 0 Å². The van der Waals surface area contributed by atoms with Crippen LogP contribution >= 0.6 is 0 Å². The van der Waals surface area contributed by atoms with Gasteiger partial charge in [-0.1, -0.05) is 20.8 Å². The smallest absolute Gasteiger partial charge is 0.255 e. The first-order valence-corrected chi connectivity index (χ1v) is 6.67. The minimum absolute atomic E-state index is 0.0290. The Morgan fingerprint density at radius 1 is 1.32 bits per heavy atom. The van der Waals surface area contributed by atoms with Crippen molar-refractivity contribution in [1.29, 1.82) is 0 Å². The number of aromatic nitrogens is 1. The molecule has 0 spiro atoms. The second-order valence-corrected chi connectivity index (χ2v) is 6.33. The van der Waals surface area contributed by atoms with Gasteiger partial charge < -0.3 is 9.64 Å². The van der Waals surface area contributed by atoms with Crippen molar-refractivity contribution in [2.75, 3.05) is 14.1 Å². The SMILES string of the molecule is CN(C)C(=O)c1cncc(OC2CC2)c1C(C)(C)C. The van der Waals surface area contributed by atoms with Gasteiger partial charge in [-0.05, 0) is 18.3 Å². The summed E-state index contributed by atoms with van der Waals surface area (Å²) in [4.78, 5) is 18.0. The summed E-state index contributed by atoms with van der Waals surface area (Å²) in [5.41, 5.74) is 1.43. The molecule has 104 valence electrons. The van der Waals surface area contributed by atoms with Crippen LogP contribution in [0, 0.1) is 0 Å². The molecule has 0 saturated heterocycles. The van der Waals surface area contributed by atoms with E-state index in [-0.39, 0.29) is 11.3 Å². The van der Waals surface area contributed by atoms with Crippen LogP contribution < -0.4 is 4.74 Å². The van der Waals surface area contributed by atoms with E-state index in [9.17, 15) is 4.79 Å². The highest BCUT2D eigenvalue weighted by Crippen LogP contribution is 2.37. The second-order valence-electron chi connectivity index (χ2n) is 6.33. The summed E-state index contributed by atoms with van der Waals surface area (Å²) in [6.45, 7) is 6.28. The maximum Gasteiger partial charge on any atom is 0.255 e. The fourth-order valence-electron chi connectivity index (χ4n) is 2.07. The predicted octanol–water partition coefficient (Wildman–Crippen LogP) is 2.62. The number of amides is 1. The molecule has 0 radical (unpaired) electrons. The van der Waals surface area contributed by atoms with Gasteiger partial charge in [0.15, 0.2) is 0 Å². The van der Waals surface area contributed by atoms with E-state index >= 15 is 0 Å². The number of ether oxygens (including phenoxy) is 1. The zero-order chi connectivity index (χ0) is 14.2. The van der Waals surface area contributed by atoms with E-state index in [1.807, 2.05) is 0 Å². The Morgan fingerprint density at radius 3 is 2.42 bits per heavy atom. The lowest BCUT2D eigenvalue weighted by atomic mass is 9.83. The van der Waals surface area contributed by atoms with Gasteiger partial charge in [-0.15, -0.1) is 0 Å². The normalized spacial score (nSPS) is 15.2. The third-order valence-electron chi connectivity index (χ3n) is 3.12. The van der Waals surface area contributed by atoms with E-state index in [4.69, 9.17) is 4.74 Å². The Balaban J connectivity index is 2.49. The van der Waals surface area contributed by atoms with Gasteiger partial charge in [0.2, 0.25) is 0 Å². The van der Waals surface area contributed by atoms with E-state index in [0.29, 0.717) is 11.7 Å². The molecule has 0 unspecified atom stereocenters. The molecule has 1 aromatic heterocycles. The van der Waals surface area contributed by atoms with Crippen molar-refractivity contribution in [2.45, 2.75) is 45.1 Å². The van der Waals surface area contributed by atoms with Crippen LogP contribution in [0.15, 0.2) is 12.4 Å². The number of pyridine rings is 1. The van der Waals surface area contributed by atoms with Crippen LogP contribution in [0.2, 0.25) is 0 Å². The zero-order valence-corrected chi connectivity index (χ0v) is 12.4. The minimum Gasteiger partial charge on any atom is -0.488 e. The van der Waals surface area contributed by atoms with Gasteiger partial charge in [0, 0.05) is 25.9 Å². The third-order valence-corrected chi connectivity index (χ3v) is 3.12. The summed E-state index contributed by atoms with van der Waals surface area (Å²) in [6, 6.07) is 0. The fraction of sp³-hybridized carbons (Fsp3) is 0.600. The lowest BCUT2D eigenvalue weighted by Gasteiger charge is -2.26. The van der Waals surface area contributed by atoms with Gasteiger partial charge in [0.1, 0.15) is 5.75 Å². The summed E-state index contributed by atoms with van der Waals surface area (Å²) >= 11 is 0. The van der Waals surface area contributed by atoms with Crippen molar-refractivity contribution in [3.8, 4) is 5.75 Å². The highest BCUT2D eigenvalue weighted by molar-refractivity contribution is 5.96. The molecule has 0 N–H and O–H groups in total. The number of hydrogen-bond donors (Lipinski definition) is 0. The highest BCUT2D eigenvalue weighted by Gasteiger charge is 2.31. The quantitative estimate of drug-likeness (QED) is 0.841. The molecule has 19 heavy (non-hydrogen) atoms. The van der Waals surface area contributed by atoms with Gasteiger partial charge >= 0.3 is 0 Å². The maximum atomic E-state index is 12.3. The summed E-state index contributed by atoms with van der Waals surface area (Å²) in [6.07, 6.45) is 5.85. The lowest BCUT2D eigenvalue weighted by Crippen LogP contribution is -2.27. The van der Waals surface area contributed by atoms with Gasteiger partial charge in [-0.3, -0.25) is 9.78 Å². The Kier molecular flexibility index (Phi) is 3.52. The molecule has 1 heterocycles. The minimum atomic E-state index is -0.159. The second kappa shape index (κ2) is 4.83. The number of carbonyl (C=O) groups excluding carboxylic acids is 1. The van der Waals surface area contributed by atoms with E-state index in [0.717, 1.165) is 24.2 Å². The average molecular weight is 262 g/mol. The highest BCUT2D eigenvalue weighted by atomic mass is 16.5. The zero-order valence-electron chi connectivity index (χ0n) is 12.4. The first-order chi connectivity index (χ1) is 8.80. The molecular formula is C15H22N2O2. The number of nitrogens with zero attached hydrogens (tertiary/aromatic N) is 2. The molecule has 1 aromatic rings. The molecule has 0 aromatic carbocycles. The first kappa shape index (κ1) is 13.8. The summed E-state index contributed by atoms with van der Waals surface area (Å²) in [5, 5.41) is 0. The van der Waals surface area contributed by atoms with Crippen LogP contribution in [0.5, 0.6) is 5.75 Å². The van der Waals surface area contributed by atoms with Crippen LogP contribution in [0.1, 0.15) is 49.5 Å². The largest absolute Gasteiger partial charge is 0.488 e. The van der Waals surface area contributed by atoms with Crippen LogP contribution in [-0.4, -0.2) is 36.0 Å².